The summed E-state index contributed by atoms with van der Waals surface area (Å²) in [6.07, 6.45) is -1.03. The molecule has 3 heterocycles. The molecule has 0 saturated carbocycles. The average Bonchev–Trinajstić information content (AvgIpc) is 3.54. The van der Waals surface area contributed by atoms with Gasteiger partial charge in [-0.25, -0.2) is 14.2 Å². The fourth-order valence-electron chi connectivity index (χ4n) is 3.92. The largest absolute Gasteiger partial charge is 0.497 e. The SMILES string of the molecule is CCc1ccc(OCn2cc(NC(=O)c3nn4c(C(F)(F)F)cc(-c5cccc(OC)c5)nc4c3Cl)cn2)cc1. The van der Waals surface area contributed by atoms with Crippen LogP contribution in [-0.2, 0) is 19.3 Å². The van der Waals surface area contributed by atoms with Gasteiger partial charge in [-0.3, -0.25) is 4.79 Å². The fraction of sp³-hybridized carbons (Fsp3) is 0.185. The maximum atomic E-state index is 14.0. The predicted molar refractivity (Wildman–Crippen MR) is 142 cm³/mol. The molecule has 0 aliphatic carbocycles. The lowest BCUT2D eigenvalue weighted by molar-refractivity contribution is -0.142. The van der Waals surface area contributed by atoms with Gasteiger partial charge in [0.1, 0.15) is 16.5 Å². The Kier molecular flexibility index (Phi) is 7.35. The zero-order chi connectivity index (χ0) is 28.4. The van der Waals surface area contributed by atoms with Crippen molar-refractivity contribution in [3.05, 3.63) is 89.0 Å². The van der Waals surface area contributed by atoms with Gasteiger partial charge in [-0.05, 0) is 42.3 Å². The molecule has 206 valence electrons. The number of hydrogen-bond acceptors (Lipinski definition) is 6. The number of benzene rings is 2. The number of halogens is 4. The molecule has 1 N–H and O–H groups in total. The number of alkyl halides is 3. The minimum absolute atomic E-state index is 0.0157. The van der Waals surface area contributed by atoms with E-state index >= 15 is 0 Å². The molecule has 0 saturated heterocycles. The number of fused-ring (bicyclic) bond motifs is 1. The van der Waals surface area contributed by atoms with Crippen molar-refractivity contribution in [3.8, 4) is 22.8 Å². The molecule has 5 aromatic rings. The van der Waals surface area contributed by atoms with Crippen molar-refractivity contribution in [2.24, 2.45) is 0 Å². The molecule has 0 atom stereocenters. The van der Waals surface area contributed by atoms with E-state index in [0.717, 1.165) is 12.5 Å². The molecular formula is C27H22ClF3N6O3. The van der Waals surface area contributed by atoms with Crippen molar-refractivity contribution in [2.45, 2.75) is 26.3 Å². The number of aromatic nitrogens is 5. The highest BCUT2D eigenvalue weighted by molar-refractivity contribution is 6.37. The number of carbonyl (C=O) groups is 1. The number of carbonyl (C=O) groups excluding carboxylic acids is 1. The Morgan fingerprint density at radius 1 is 1.10 bits per heavy atom. The fourth-order valence-corrected chi connectivity index (χ4v) is 4.17. The Morgan fingerprint density at radius 2 is 1.88 bits per heavy atom. The third-order valence-electron chi connectivity index (χ3n) is 5.99. The zero-order valence-electron chi connectivity index (χ0n) is 21.2. The highest BCUT2D eigenvalue weighted by Gasteiger charge is 2.36. The lowest BCUT2D eigenvalue weighted by Crippen LogP contribution is -2.15. The van der Waals surface area contributed by atoms with Crippen LogP contribution in [0.4, 0.5) is 18.9 Å². The van der Waals surface area contributed by atoms with Crippen molar-refractivity contribution < 1.29 is 27.4 Å². The Bertz CT molecular complexity index is 1680. The van der Waals surface area contributed by atoms with Crippen LogP contribution in [0.5, 0.6) is 11.5 Å². The van der Waals surface area contributed by atoms with Crippen LogP contribution in [0.2, 0.25) is 5.02 Å². The molecule has 0 bridgehead atoms. The van der Waals surface area contributed by atoms with E-state index in [9.17, 15) is 18.0 Å². The molecule has 9 nitrogen and oxygen atoms in total. The molecule has 0 aliphatic heterocycles. The first-order chi connectivity index (χ1) is 19.2. The van der Waals surface area contributed by atoms with Crippen LogP contribution in [0.3, 0.4) is 0 Å². The second kappa shape index (κ2) is 10.9. The van der Waals surface area contributed by atoms with Gasteiger partial charge in [-0.2, -0.15) is 23.4 Å². The van der Waals surface area contributed by atoms with Crippen molar-refractivity contribution in [2.75, 3.05) is 12.4 Å². The highest BCUT2D eigenvalue weighted by Crippen LogP contribution is 2.35. The van der Waals surface area contributed by atoms with Gasteiger partial charge in [0.15, 0.2) is 23.8 Å². The lowest BCUT2D eigenvalue weighted by atomic mass is 10.1. The van der Waals surface area contributed by atoms with Crippen LogP contribution in [0.15, 0.2) is 67.0 Å². The van der Waals surface area contributed by atoms with Gasteiger partial charge in [-0.1, -0.05) is 42.8 Å². The molecule has 0 unspecified atom stereocenters. The predicted octanol–water partition coefficient (Wildman–Crippen LogP) is 6.12. The molecular weight excluding hydrogens is 549 g/mol. The van der Waals surface area contributed by atoms with Crippen LogP contribution in [-0.4, -0.2) is 37.4 Å². The molecule has 0 radical (unpaired) electrons. The number of amides is 1. The molecule has 2 aromatic carbocycles. The van der Waals surface area contributed by atoms with E-state index in [1.165, 1.54) is 29.7 Å². The topological polar surface area (TPSA) is 95.6 Å². The molecule has 40 heavy (non-hydrogen) atoms. The van der Waals surface area contributed by atoms with Gasteiger partial charge >= 0.3 is 6.18 Å². The van der Waals surface area contributed by atoms with Crippen molar-refractivity contribution >= 4 is 28.8 Å². The van der Waals surface area contributed by atoms with E-state index in [0.29, 0.717) is 21.6 Å². The lowest BCUT2D eigenvalue weighted by Gasteiger charge is -2.11. The summed E-state index contributed by atoms with van der Waals surface area (Å²) in [5.41, 5.74) is -0.0989. The number of nitrogens with one attached hydrogen (secondary N) is 1. The highest BCUT2D eigenvalue weighted by atomic mass is 35.5. The quantitative estimate of drug-likeness (QED) is 0.241. The monoisotopic (exact) mass is 570 g/mol. The normalized spacial score (nSPS) is 11.6. The van der Waals surface area contributed by atoms with E-state index in [2.05, 4.69) is 27.4 Å². The number of ether oxygens (including phenoxy) is 2. The maximum Gasteiger partial charge on any atom is 0.433 e. The number of hydrogen-bond donors (Lipinski definition) is 1. The summed E-state index contributed by atoms with van der Waals surface area (Å²) in [4.78, 5) is 17.3. The second-order valence-electron chi connectivity index (χ2n) is 8.65. The number of anilines is 1. The van der Waals surface area contributed by atoms with Gasteiger partial charge in [0, 0.05) is 5.56 Å². The first kappa shape index (κ1) is 27.0. The Morgan fingerprint density at radius 3 is 2.58 bits per heavy atom. The van der Waals surface area contributed by atoms with Crippen LogP contribution < -0.4 is 14.8 Å². The third kappa shape index (κ3) is 5.57. The standard InChI is InChI=1S/C27H22ClF3N6O3/c1-3-16-7-9-19(10-8-16)40-15-36-14-18(13-32-36)33-26(38)24-23(28)25-34-21(17-5-4-6-20(11-17)39-2)12-22(27(29,30)31)37(25)35-24/h4-14H,3,15H2,1-2H3,(H,33,38). The summed E-state index contributed by atoms with van der Waals surface area (Å²) in [6, 6.07) is 14.9. The van der Waals surface area contributed by atoms with Crippen LogP contribution in [0.25, 0.3) is 16.9 Å². The van der Waals surface area contributed by atoms with Crippen LogP contribution in [0, 0.1) is 0 Å². The minimum atomic E-state index is -4.81. The van der Waals surface area contributed by atoms with Gasteiger partial charge in [0.2, 0.25) is 0 Å². The van der Waals surface area contributed by atoms with Crippen LogP contribution in [0.1, 0.15) is 28.7 Å². The summed E-state index contributed by atoms with van der Waals surface area (Å²) in [6.45, 7) is 2.13. The van der Waals surface area contributed by atoms with Gasteiger partial charge < -0.3 is 14.8 Å². The van der Waals surface area contributed by atoms with Crippen molar-refractivity contribution in [1.82, 2.24) is 24.4 Å². The Labute approximate surface area is 231 Å². The van der Waals surface area contributed by atoms with E-state index in [4.69, 9.17) is 21.1 Å². The second-order valence-corrected chi connectivity index (χ2v) is 9.03. The van der Waals surface area contributed by atoms with E-state index < -0.39 is 23.5 Å². The first-order valence-corrected chi connectivity index (χ1v) is 12.4. The van der Waals surface area contributed by atoms with Crippen molar-refractivity contribution in [1.29, 1.82) is 0 Å². The van der Waals surface area contributed by atoms with E-state index in [1.807, 2.05) is 24.3 Å². The molecule has 0 spiro atoms. The van der Waals surface area contributed by atoms with Gasteiger partial charge in [0.25, 0.3) is 5.91 Å². The summed E-state index contributed by atoms with van der Waals surface area (Å²) in [7, 11) is 1.44. The van der Waals surface area contributed by atoms with Gasteiger partial charge in [0.05, 0.1) is 30.9 Å². The van der Waals surface area contributed by atoms with Crippen molar-refractivity contribution in [3.63, 3.8) is 0 Å². The number of nitrogens with zero attached hydrogens (tertiary/aromatic N) is 5. The molecule has 13 heteroatoms. The maximum absolute atomic E-state index is 14.0. The Balaban J connectivity index is 1.39. The van der Waals surface area contributed by atoms with Crippen LogP contribution >= 0.6 is 11.6 Å². The minimum Gasteiger partial charge on any atom is -0.497 e. The van der Waals surface area contributed by atoms with E-state index in [-0.39, 0.29) is 28.8 Å². The number of aryl methyl sites for hydroxylation is 1. The molecule has 0 aliphatic rings. The number of rotatable bonds is 8. The van der Waals surface area contributed by atoms with Gasteiger partial charge in [-0.15, -0.1) is 0 Å². The summed E-state index contributed by atoms with van der Waals surface area (Å²) in [5, 5.41) is 10.2. The molecule has 5 rings (SSSR count). The number of methoxy groups -OCH3 is 1. The average molecular weight is 571 g/mol. The third-order valence-corrected chi connectivity index (χ3v) is 6.34. The van der Waals surface area contributed by atoms with E-state index in [1.54, 1.807) is 24.3 Å². The molecule has 3 aromatic heterocycles. The summed E-state index contributed by atoms with van der Waals surface area (Å²) in [5.74, 6) is 0.256. The molecule has 0 fully saturated rings. The molecule has 1 amide bonds. The summed E-state index contributed by atoms with van der Waals surface area (Å²) >= 11 is 6.36. The Hall–Kier alpha value is -4.58. The first-order valence-electron chi connectivity index (χ1n) is 12.0. The summed E-state index contributed by atoms with van der Waals surface area (Å²) < 4.78 is 54.8. The smallest absolute Gasteiger partial charge is 0.433 e. The zero-order valence-corrected chi connectivity index (χ0v) is 22.0.